The number of ether oxygens (including phenoxy) is 1. The number of aliphatic hydroxyl groups is 1. The number of aromatic nitrogens is 5. The molecule has 1 aromatic carbocycles. The van der Waals surface area contributed by atoms with Crippen LogP contribution in [-0.4, -0.2) is 43.6 Å². The quantitative estimate of drug-likeness (QED) is 0.467. The molecule has 0 saturated carbocycles. The van der Waals surface area contributed by atoms with Gasteiger partial charge in [0.05, 0.1) is 30.8 Å². The van der Waals surface area contributed by atoms with Crippen LogP contribution >= 0.6 is 0 Å². The first kappa shape index (κ1) is 21.1. The number of aliphatic hydroxyl groups excluding tert-OH is 1. The van der Waals surface area contributed by atoms with Crippen LogP contribution in [0.5, 0.6) is 5.75 Å². The number of nitrogens with one attached hydrogen (secondary N) is 1. The summed E-state index contributed by atoms with van der Waals surface area (Å²) < 4.78 is 7.44. The van der Waals surface area contributed by atoms with E-state index in [2.05, 4.69) is 33.4 Å². The first-order valence-electron chi connectivity index (χ1n) is 10.9. The Morgan fingerprint density at radius 2 is 2.00 bits per heavy atom. The number of nitrogens with zero attached hydrogens (tertiary/aromatic N) is 5. The molecular weight excluding hydrogens is 416 g/mol. The molecule has 4 aromatic rings. The van der Waals surface area contributed by atoms with Crippen LogP contribution in [-0.2, 0) is 18.9 Å². The SMILES string of the molecule is COc1cc(-c2ccnn2C)ccc1Nc1nccc(-c2cnc3c(c2)C(C)(CO)CC3)n1. The van der Waals surface area contributed by atoms with E-state index in [1.807, 2.05) is 48.3 Å². The van der Waals surface area contributed by atoms with Gasteiger partial charge in [0.25, 0.3) is 0 Å². The van der Waals surface area contributed by atoms with Gasteiger partial charge in [-0.25, -0.2) is 9.97 Å². The van der Waals surface area contributed by atoms with Gasteiger partial charge in [0, 0.05) is 47.9 Å². The number of aryl methyl sites for hydroxylation is 2. The fourth-order valence-electron chi connectivity index (χ4n) is 4.36. The van der Waals surface area contributed by atoms with Gasteiger partial charge in [-0.05, 0) is 48.7 Å². The third-order valence-corrected chi connectivity index (χ3v) is 6.40. The zero-order valence-electron chi connectivity index (χ0n) is 18.9. The van der Waals surface area contributed by atoms with Crippen LogP contribution in [0.3, 0.4) is 0 Å². The molecule has 33 heavy (non-hydrogen) atoms. The van der Waals surface area contributed by atoms with Crippen molar-refractivity contribution in [2.24, 2.45) is 7.05 Å². The number of fused-ring (bicyclic) bond motifs is 1. The molecule has 0 bridgehead atoms. The lowest BCUT2D eigenvalue weighted by Crippen LogP contribution is -2.23. The number of hydrogen-bond acceptors (Lipinski definition) is 7. The van der Waals surface area contributed by atoms with Crippen LogP contribution in [0.4, 0.5) is 11.6 Å². The predicted molar refractivity (Wildman–Crippen MR) is 127 cm³/mol. The van der Waals surface area contributed by atoms with Crippen LogP contribution in [0.15, 0.2) is 55.0 Å². The Morgan fingerprint density at radius 1 is 1.12 bits per heavy atom. The number of methoxy groups -OCH3 is 1. The zero-order chi connectivity index (χ0) is 23.0. The van der Waals surface area contributed by atoms with Gasteiger partial charge in [-0.3, -0.25) is 9.67 Å². The fraction of sp³-hybridized carbons (Fsp3) is 0.280. The molecule has 2 N–H and O–H groups in total. The monoisotopic (exact) mass is 442 g/mol. The second-order valence-corrected chi connectivity index (χ2v) is 8.58. The van der Waals surface area contributed by atoms with E-state index in [0.29, 0.717) is 11.7 Å². The van der Waals surface area contributed by atoms with Gasteiger partial charge in [-0.2, -0.15) is 5.10 Å². The van der Waals surface area contributed by atoms with Crippen molar-refractivity contribution in [1.29, 1.82) is 0 Å². The lowest BCUT2D eigenvalue weighted by Gasteiger charge is -2.22. The minimum absolute atomic E-state index is 0.107. The molecule has 0 spiro atoms. The van der Waals surface area contributed by atoms with Gasteiger partial charge >= 0.3 is 0 Å². The molecule has 3 heterocycles. The van der Waals surface area contributed by atoms with E-state index in [4.69, 9.17) is 9.72 Å². The highest BCUT2D eigenvalue weighted by molar-refractivity contribution is 5.72. The molecule has 5 rings (SSSR count). The van der Waals surface area contributed by atoms with E-state index in [1.54, 1.807) is 19.5 Å². The first-order chi connectivity index (χ1) is 16.0. The number of anilines is 2. The summed E-state index contributed by atoms with van der Waals surface area (Å²) in [5.41, 5.74) is 6.33. The smallest absolute Gasteiger partial charge is 0.227 e. The Labute approximate surface area is 192 Å². The standard InChI is InChI=1S/C25H26N6O2/c1-25(15-32)9-6-20-18(25)12-17(14-27-20)19-7-10-26-24(29-19)30-21-5-4-16(13-23(21)33-3)22-8-11-28-31(22)2/h4-5,7-8,10-14,32H,6,9,15H2,1-3H3,(H,26,29,30). The van der Waals surface area contributed by atoms with Crippen molar-refractivity contribution in [2.45, 2.75) is 25.2 Å². The van der Waals surface area contributed by atoms with Crippen molar-refractivity contribution in [2.75, 3.05) is 19.0 Å². The molecule has 0 aliphatic heterocycles. The van der Waals surface area contributed by atoms with Crippen LogP contribution < -0.4 is 10.1 Å². The summed E-state index contributed by atoms with van der Waals surface area (Å²) in [5.74, 6) is 1.14. The van der Waals surface area contributed by atoms with E-state index in [0.717, 1.165) is 52.3 Å². The molecule has 1 atom stereocenters. The molecule has 8 nitrogen and oxygen atoms in total. The van der Waals surface area contributed by atoms with E-state index in [9.17, 15) is 5.11 Å². The van der Waals surface area contributed by atoms with Gasteiger partial charge in [0.1, 0.15) is 5.75 Å². The second kappa shape index (κ2) is 8.29. The van der Waals surface area contributed by atoms with Crippen molar-refractivity contribution in [3.8, 4) is 28.3 Å². The maximum Gasteiger partial charge on any atom is 0.227 e. The van der Waals surface area contributed by atoms with Gasteiger partial charge in [0.2, 0.25) is 5.95 Å². The summed E-state index contributed by atoms with van der Waals surface area (Å²) in [5, 5.41) is 17.4. The largest absolute Gasteiger partial charge is 0.495 e. The highest BCUT2D eigenvalue weighted by Crippen LogP contribution is 2.39. The van der Waals surface area contributed by atoms with Gasteiger partial charge in [-0.15, -0.1) is 0 Å². The van der Waals surface area contributed by atoms with E-state index in [1.165, 1.54) is 0 Å². The van der Waals surface area contributed by atoms with Gasteiger partial charge in [0.15, 0.2) is 0 Å². The average Bonchev–Trinajstić information content (AvgIpc) is 3.43. The normalized spacial score (nSPS) is 17.1. The van der Waals surface area contributed by atoms with E-state index in [-0.39, 0.29) is 12.0 Å². The Bertz CT molecular complexity index is 1320. The minimum Gasteiger partial charge on any atom is -0.495 e. The van der Waals surface area contributed by atoms with Crippen molar-refractivity contribution in [1.82, 2.24) is 24.7 Å². The van der Waals surface area contributed by atoms with Crippen molar-refractivity contribution >= 4 is 11.6 Å². The Hall–Kier alpha value is -3.78. The Kier molecular flexibility index (Phi) is 5.30. The van der Waals surface area contributed by atoms with E-state index >= 15 is 0 Å². The van der Waals surface area contributed by atoms with Crippen LogP contribution in [0, 0.1) is 0 Å². The van der Waals surface area contributed by atoms with Gasteiger partial charge < -0.3 is 15.2 Å². The Balaban J connectivity index is 1.44. The summed E-state index contributed by atoms with van der Waals surface area (Å²) in [4.78, 5) is 13.7. The molecule has 168 valence electrons. The van der Waals surface area contributed by atoms with Gasteiger partial charge in [-0.1, -0.05) is 13.0 Å². The molecule has 8 heteroatoms. The highest BCUT2D eigenvalue weighted by atomic mass is 16.5. The molecule has 0 saturated heterocycles. The highest BCUT2D eigenvalue weighted by Gasteiger charge is 2.35. The van der Waals surface area contributed by atoms with Crippen molar-refractivity contribution in [3.63, 3.8) is 0 Å². The first-order valence-corrected chi connectivity index (χ1v) is 10.9. The maximum absolute atomic E-state index is 9.91. The summed E-state index contributed by atoms with van der Waals surface area (Å²) in [6.45, 7) is 2.19. The van der Waals surface area contributed by atoms with Crippen molar-refractivity contribution in [3.05, 3.63) is 66.2 Å². The molecule has 1 aliphatic rings. The maximum atomic E-state index is 9.91. The Morgan fingerprint density at radius 3 is 2.76 bits per heavy atom. The van der Waals surface area contributed by atoms with E-state index < -0.39 is 0 Å². The summed E-state index contributed by atoms with van der Waals surface area (Å²) in [7, 11) is 3.55. The molecule has 0 fully saturated rings. The predicted octanol–water partition coefficient (Wildman–Crippen LogP) is 3.89. The van der Waals surface area contributed by atoms with Crippen LogP contribution in [0.25, 0.3) is 22.5 Å². The third kappa shape index (κ3) is 3.82. The zero-order valence-corrected chi connectivity index (χ0v) is 18.9. The lowest BCUT2D eigenvalue weighted by atomic mass is 9.85. The molecule has 1 unspecified atom stereocenters. The lowest BCUT2D eigenvalue weighted by molar-refractivity contribution is 0.206. The topological polar surface area (TPSA) is 98.0 Å². The number of pyridine rings is 1. The average molecular weight is 443 g/mol. The van der Waals surface area contributed by atoms with Crippen LogP contribution in [0.1, 0.15) is 24.6 Å². The third-order valence-electron chi connectivity index (χ3n) is 6.40. The summed E-state index contributed by atoms with van der Waals surface area (Å²) in [6.07, 6.45) is 7.12. The molecule has 0 amide bonds. The summed E-state index contributed by atoms with van der Waals surface area (Å²) in [6, 6.07) is 11.8. The second-order valence-electron chi connectivity index (χ2n) is 8.58. The minimum atomic E-state index is -0.255. The molecule has 0 radical (unpaired) electrons. The van der Waals surface area contributed by atoms with Crippen LogP contribution in [0.2, 0.25) is 0 Å². The number of rotatable bonds is 6. The number of hydrogen-bond donors (Lipinski definition) is 2. The molecule has 1 aliphatic carbocycles. The number of benzene rings is 1. The molecular formula is C25H26N6O2. The van der Waals surface area contributed by atoms with Crippen molar-refractivity contribution < 1.29 is 9.84 Å². The summed E-state index contributed by atoms with van der Waals surface area (Å²) >= 11 is 0. The molecule has 3 aromatic heterocycles. The fourth-order valence-corrected chi connectivity index (χ4v) is 4.36.